The molecule has 2 aromatic carbocycles. The lowest BCUT2D eigenvalue weighted by atomic mass is 10.0. The number of hydrogen-bond acceptors (Lipinski definition) is 4. The maximum absolute atomic E-state index is 12.9. The first-order valence-corrected chi connectivity index (χ1v) is 9.95. The largest absolute Gasteiger partial charge is 0.361 e. The average Bonchev–Trinajstić information content (AvgIpc) is 3.28. The van der Waals surface area contributed by atoms with Crippen LogP contribution in [-0.2, 0) is 16.0 Å². The molecule has 0 saturated carbocycles. The monoisotopic (exact) mass is 418 g/mol. The number of benzene rings is 2. The number of H-pyrrole nitrogens is 1. The van der Waals surface area contributed by atoms with Crippen molar-refractivity contribution in [1.29, 1.82) is 0 Å². The Bertz CT molecular complexity index is 1200. The molecule has 1 aliphatic rings. The number of urea groups is 1. The number of aromatic amines is 1. The number of nitrogens with zero attached hydrogens (tertiary/aromatic N) is 1. The van der Waals surface area contributed by atoms with E-state index in [4.69, 9.17) is 0 Å². The first-order chi connectivity index (χ1) is 14.8. The van der Waals surface area contributed by atoms with E-state index < -0.39 is 29.9 Å². The van der Waals surface area contributed by atoms with Gasteiger partial charge in [0.15, 0.2) is 5.78 Å². The second-order valence-electron chi connectivity index (χ2n) is 7.58. The van der Waals surface area contributed by atoms with Gasteiger partial charge in [-0.3, -0.25) is 19.3 Å². The summed E-state index contributed by atoms with van der Waals surface area (Å²) in [5, 5.41) is 6.33. The Labute approximate surface area is 178 Å². The molecule has 8 heteroatoms. The van der Waals surface area contributed by atoms with Crippen LogP contribution in [-0.4, -0.2) is 45.6 Å². The summed E-state index contributed by atoms with van der Waals surface area (Å²) >= 11 is 0. The number of anilines is 1. The van der Waals surface area contributed by atoms with Crippen LogP contribution < -0.4 is 10.6 Å². The molecule has 0 aliphatic carbocycles. The van der Waals surface area contributed by atoms with Gasteiger partial charge in [-0.2, -0.15) is 0 Å². The van der Waals surface area contributed by atoms with E-state index >= 15 is 0 Å². The third-order valence-corrected chi connectivity index (χ3v) is 5.45. The van der Waals surface area contributed by atoms with Gasteiger partial charge >= 0.3 is 6.03 Å². The zero-order chi connectivity index (χ0) is 22.1. The van der Waals surface area contributed by atoms with Gasteiger partial charge in [0.2, 0.25) is 5.91 Å². The summed E-state index contributed by atoms with van der Waals surface area (Å²) in [6.07, 6.45) is 2.14. The van der Waals surface area contributed by atoms with Crippen molar-refractivity contribution in [3.63, 3.8) is 0 Å². The molecule has 1 fully saturated rings. The van der Waals surface area contributed by atoms with Gasteiger partial charge in [0.05, 0.1) is 0 Å². The van der Waals surface area contributed by atoms with Crippen molar-refractivity contribution >= 4 is 40.2 Å². The third-order valence-electron chi connectivity index (χ3n) is 5.45. The lowest BCUT2D eigenvalue weighted by Crippen LogP contribution is -2.46. The average molecular weight is 418 g/mol. The molecule has 4 rings (SSSR count). The zero-order valence-corrected chi connectivity index (χ0v) is 17.1. The van der Waals surface area contributed by atoms with Crippen molar-refractivity contribution < 1.29 is 19.2 Å². The lowest BCUT2D eigenvalue weighted by molar-refractivity contribution is -0.133. The minimum absolute atomic E-state index is 0.127. The second-order valence-corrected chi connectivity index (χ2v) is 7.58. The van der Waals surface area contributed by atoms with Crippen LogP contribution in [0, 0.1) is 0 Å². The topological polar surface area (TPSA) is 111 Å². The van der Waals surface area contributed by atoms with E-state index in [1.807, 2.05) is 30.5 Å². The Hall–Kier alpha value is -3.94. The summed E-state index contributed by atoms with van der Waals surface area (Å²) in [7, 11) is 0. The molecule has 31 heavy (non-hydrogen) atoms. The van der Waals surface area contributed by atoms with Gasteiger partial charge < -0.3 is 15.6 Å². The molecule has 0 radical (unpaired) electrons. The molecule has 0 bridgehead atoms. The van der Waals surface area contributed by atoms with E-state index in [9.17, 15) is 19.2 Å². The maximum Gasteiger partial charge on any atom is 0.325 e. The predicted molar refractivity (Wildman–Crippen MR) is 116 cm³/mol. The predicted octanol–water partition coefficient (Wildman–Crippen LogP) is 2.86. The molecule has 2 atom stereocenters. The quantitative estimate of drug-likeness (QED) is 0.422. The Morgan fingerprint density at radius 1 is 1.13 bits per heavy atom. The summed E-state index contributed by atoms with van der Waals surface area (Å²) in [5.74, 6) is -1.09. The van der Waals surface area contributed by atoms with Crippen molar-refractivity contribution in [2.45, 2.75) is 32.4 Å². The highest BCUT2D eigenvalue weighted by molar-refractivity contribution is 6.09. The number of carbonyl (C=O) groups excluding carboxylic acids is 4. The van der Waals surface area contributed by atoms with Gasteiger partial charge in [0.1, 0.15) is 12.1 Å². The smallest absolute Gasteiger partial charge is 0.325 e. The van der Waals surface area contributed by atoms with Crippen molar-refractivity contribution in [2.75, 3.05) is 5.32 Å². The number of amides is 4. The van der Waals surface area contributed by atoms with Crippen molar-refractivity contribution in [3.05, 3.63) is 65.9 Å². The van der Waals surface area contributed by atoms with Gasteiger partial charge in [-0.25, -0.2) is 4.79 Å². The fraction of sp³-hybridized carbons (Fsp3) is 0.217. The van der Waals surface area contributed by atoms with Crippen LogP contribution in [0.25, 0.3) is 10.9 Å². The Morgan fingerprint density at radius 2 is 1.90 bits per heavy atom. The molecule has 158 valence electrons. The van der Waals surface area contributed by atoms with Gasteiger partial charge in [0.25, 0.3) is 5.91 Å². The highest BCUT2D eigenvalue weighted by Crippen LogP contribution is 2.22. The Balaban J connectivity index is 1.47. The number of hydrogen-bond donors (Lipinski definition) is 3. The van der Waals surface area contributed by atoms with Crippen molar-refractivity contribution in [3.8, 4) is 0 Å². The normalized spacial score (nSPS) is 17.0. The fourth-order valence-corrected chi connectivity index (χ4v) is 3.75. The van der Waals surface area contributed by atoms with E-state index in [-0.39, 0.29) is 5.78 Å². The lowest BCUT2D eigenvalue weighted by Gasteiger charge is -2.21. The number of nitrogens with one attached hydrogen (secondary N) is 3. The third kappa shape index (κ3) is 3.92. The molecule has 1 saturated heterocycles. The molecule has 1 aliphatic heterocycles. The standard InChI is InChI=1S/C23H22N4O4/c1-13(21(29)25-17-7-5-6-15(10-17)14(2)28)27-22(30)20(26-23(27)31)11-16-12-24-19-9-4-3-8-18(16)19/h3-10,12-13,20,24H,11H2,1-2H3,(H,25,29)(H,26,31)/t13-,20+/m1/s1. The van der Waals surface area contributed by atoms with Crippen molar-refractivity contribution in [1.82, 2.24) is 15.2 Å². The molecule has 4 amide bonds. The van der Waals surface area contributed by atoms with Gasteiger partial charge in [-0.05, 0) is 37.6 Å². The molecule has 0 spiro atoms. The number of ketones is 1. The molecule has 1 aromatic heterocycles. The number of fused-ring (bicyclic) bond motifs is 1. The van der Waals surface area contributed by atoms with Crippen LogP contribution in [0.15, 0.2) is 54.7 Å². The summed E-state index contributed by atoms with van der Waals surface area (Å²) in [6.45, 7) is 2.93. The van der Waals surface area contributed by atoms with Crippen LogP contribution in [0.2, 0.25) is 0 Å². The number of rotatable bonds is 6. The van der Waals surface area contributed by atoms with E-state index in [1.165, 1.54) is 13.8 Å². The number of para-hydroxylation sites is 1. The SMILES string of the molecule is CC(=O)c1cccc(NC(=O)[C@@H](C)N2C(=O)N[C@@H](Cc3c[nH]c4ccccc34)C2=O)c1. The van der Waals surface area contributed by atoms with E-state index in [1.54, 1.807) is 24.3 Å². The van der Waals surface area contributed by atoms with Crippen LogP contribution in [0.4, 0.5) is 10.5 Å². The van der Waals surface area contributed by atoms with E-state index in [0.29, 0.717) is 17.7 Å². The summed E-state index contributed by atoms with van der Waals surface area (Å²) in [5.41, 5.74) is 2.74. The maximum atomic E-state index is 12.9. The Kier molecular flexibility index (Phi) is 5.29. The molecule has 2 heterocycles. The highest BCUT2D eigenvalue weighted by atomic mass is 16.2. The van der Waals surface area contributed by atoms with E-state index in [2.05, 4.69) is 15.6 Å². The number of imide groups is 1. The molecular weight excluding hydrogens is 396 g/mol. The minimum Gasteiger partial charge on any atom is -0.361 e. The fourth-order valence-electron chi connectivity index (χ4n) is 3.75. The van der Waals surface area contributed by atoms with Crippen LogP contribution in [0.3, 0.4) is 0 Å². The number of Topliss-reactive ketones (excluding diaryl/α,β-unsaturated/α-hetero) is 1. The van der Waals surface area contributed by atoms with Gasteiger partial charge in [-0.15, -0.1) is 0 Å². The summed E-state index contributed by atoms with van der Waals surface area (Å²) in [6, 6.07) is 11.9. The van der Waals surface area contributed by atoms with Crippen molar-refractivity contribution in [2.24, 2.45) is 0 Å². The molecule has 3 aromatic rings. The highest BCUT2D eigenvalue weighted by Gasteiger charge is 2.43. The zero-order valence-electron chi connectivity index (χ0n) is 17.1. The van der Waals surface area contributed by atoms with Crippen LogP contribution in [0.5, 0.6) is 0 Å². The first kappa shape index (κ1) is 20.3. The van der Waals surface area contributed by atoms with Crippen LogP contribution >= 0.6 is 0 Å². The first-order valence-electron chi connectivity index (χ1n) is 9.95. The molecule has 3 N–H and O–H groups in total. The summed E-state index contributed by atoms with van der Waals surface area (Å²) < 4.78 is 0. The number of carbonyl (C=O) groups is 4. The Morgan fingerprint density at radius 3 is 2.68 bits per heavy atom. The van der Waals surface area contributed by atoms with Crippen LogP contribution in [0.1, 0.15) is 29.8 Å². The minimum atomic E-state index is -1.01. The molecule has 0 unspecified atom stereocenters. The second kappa shape index (κ2) is 8.06. The van der Waals surface area contributed by atoms with Gasteiger partial charge in [-0.1, -0.05) is 30.3 Å². The van der Waals surface area contributed by atoms with Gasteiger partial charge in [0, 0.05) is 34.8 Å². The molecular formula is C23H22N4O4. The summed E-state index contributed by atoms with van der Waals surface area (Å²) in [4.78, 5) is 53.8. The number of aromatic nitrogens is 1. The van der Waals surface area contributed by atoms with E-state index in [0.717, 1.165) is 21.4 Å². The molecule has 8 nitrogen and oxygen atoms in total.